The third-order valence-corrected chi connectivity index (χ3v) is 5.42. The van der Waals surface area contributed by atoms with Gasteiger partial charge in [-0.25, -0.2) is 0 Å². The number of hydrogen-bond donors (Lipinski definition) is 2. The Labute approximate surface area is 168 Å². The van der Waals surface area contributed by atoms with Crippen molar-refractivity contribution in [3.63, 3.8) is 0 Å². The molecule has 0 saturated heterocycles. The van der Waals surface area contributed by atoms with E-state index in [9.17, 15) is 8.42 Å². The monoisotopic (exact) mass is 406 g/mol. The Morgan fingerprint density at radius 3 is 2.50 bits per heavy atom. The second-order valence-electron chi connectivity index (χ2n) is 6.74. The van der Waals surface area contributed by atoms with Crippen molar-refractivity contribution in [3.05, 3.63) is 59.8 Å². The summed E-state index contributed by atoms with van der Waals surface area (Å²) in [5, 5.41) is 9.12. The zero-order valence-electron chi connectivity index (χ0n) is 16.4. The lowest BCUT2D eigenvalue weighted by Crippen LogP contribution is -2.25. The van der Waals surface area contributed by atoms with Crippen molar-refractivity contribution < 1.29 is 18.1 Å². The van der Waals surface area contributed by atoms with Crippen LogP contribution in [0.2, 0.25) is 0 Å². The van der Waals surface area contributed by atoms with Gasteiger partial charge in [0.15, 0.2) is 0 Å². The van der Waals surface area contributed by atoms with Crippen LogP contribution in [-0.4, -0.2) is 61.5 Å². The Balaban J connectivity index is 1.80. The van der Waals surface area contributed by atoms with Crippen LogP contribution >= 0.6 is 0 Å². The zero-order chi connectivity index (χ0) is 20.4. The standard InChI is InChI=1S/C21H30N2O4S/c1-2-23(16-17-24)21-9-7-19(8-10-21)5-6-20-11-14-22(15-12-20)13-3-4-18-28(25,26)27/h5-12,14,24H,2-4,13,15-18H2,1H3,(H,25,26,27). The van der Waals surface area contributed by atoms with E-state index in [-0.39, 0.29) is 12.4 Å². The lowest BCUT2D eigenvalue weighted by atomic mass is 10.1. The second-order valence-corrected chi connectivity index (χ2v) is 8.31. The van der Waals surface area contributed by atoms with E-state index < -0.39 is 10.1 Å². The predicted octanol–water partition coefficient (Wildman–Crippen LogP) is 2.94. The highest BCUT2D eigenvalue weighted by atomic mass is 32.2. The number of aliphatic hydroxyl groups is 1. The minimum absolute atomic E-state index is 0.146. The second kappa shape index (κ2) is 11.0. The van der Waals surface area contributed by atoms with Crippen LogP contribution in [0.5, 0.6) is 0 Å². The molecule has 2 rings (SSSR count). The van der Waals surface area contributed by atoms with Gasteiger partial charge in [0.25, 0.3) is 10.1 Å². The van der Waals surface area contributed by atoms with Crippen LogP contribution < -0.4 is 4.90 Å². The first-order valence-corrected chi connectivity index (χ1v) is 11.2. The van der Waals surface area contributed by atoms with E-state index in [2.05, 4.69) is 59.2 Å². The smallest absolute Gasteiger partial charge is 0.264 e. The summed E-state index contributed by atoms with van der Waals surface area (Å²) < 4.78 is 30.2. The van der Waals surface area contributed by atoms with Crippen molar-refractivity contribution in [1.29, 1.82) is 0 Å². The molecule has 0 aromatic heterocycles. The molecule has 7 heteroatoms. The predicted molar refractivity (Wildman–Crippen MR) is 115 cm³/mol. The summed E-state index contributed by atoms with van der Waals surface area (Å²) in [6.07, 6.45) is 11.5. The van der Waals surface area contributed by atoms with Gasteiger partial charge < -0.3 is 14.9 Å². The maximum absolute atomic E-state index is 10.7. The van der Waals surface area contributed by atoms with Crippen LogP contribution in [0.15, 0.2) is 54.3 Å². The molecule has 0 bridgehead atoms. The van der Waals surface area contributed by atoms with Crippen LogP contribution in [0.25, 0.3) is 6.08 Å². The van der Waals surface area contributed by atoms with Crippen LogP contribution in [0.1, 0.15) is 25.3 Å². The van der Waals surface area contributed by atoms with Gasteiger partial charge >= 0.3 is 0 Å². The number of aliphatic hydroxyl groups excluding tert-OH is 1. The van der Waals surface area contributed by atoms with Crippen LogP contribution in [0.4, 0.5) is 5.69 Å². The molecule has 1 aromatic carbocycles. The minimum atomic E-state index is -3.85. The van der Waals surface area contributed by atoms with E-state index in [1.807, 2.05) is 12.3 Å². The Bertz CT molecular complexity index is 798. The maximum Gasteiger partial charge on any atom is 0.264 e. The van der Waals surface area contributed by atoms with E-state index in [0.29, 0.717) is 13.0 Å². The van der Waals surface area contributed by atoms with Crippen LogP contribution in [-0.2, 0) is 10.1 Å². The first kappa shape index (κ1) is 22.2. The number of unbranched alkanes of at least 4 members (excludes halogenated alkanes) is 1. The molecule has 154 valence electrons. The van der Waals surface area contributed by atoms with E-state index in [1.54, 1.807) is 0 Å². The van der Waals surface area contributed by atoms with Crippen LogP contribution in [0, 0.1) is 0 Å². The van der Waals surface area contributed by atoms with Gasteiger partial charge in [-0.2, -0.15) is 8.42 Å². The summed E-state index contributed by atoms with van der Waals surface area (Å²) in [7, 11) is -3.85. The van der Waals surface area contributed by atoms with E-state index >= 15 is 0 Å². The van der Waals surface area contributed by atoms with Gasteiger partial charge in [-0.1, -0.05) is 30.4 Å². The quantitative estimate of drug-likeness (QED) is 0.434. The van der Waals surface area contributed by atoms with Crippen molar-refractivity contribution in [2.45, 2.75) is 19.8 Å². The lowest BCUT2D eigenvalue weighted by molar-refractivity contribution is 0.302. The fraction of sp³-hybridized carbons (Fsp3) is 0.429. The number of benzene rings is 1. The molecule has 0 radical (unpaired) electrons. The minimum Gasteiger partial charge on any atom is -0.395 e. The molecule has 0 aliphatic carbocycles. The fourth-order valence-electron chi connectivity index (χ4n) is 3.01. The summed E-state index contributed by atoms with van der Waals surface area (Å²) in [6, 6.07) is 8.28. The van der Waals surface area contributed by atoms with Crippen molar-refractivity contribution >= 4 is 21.9 Å². The molecule has 6 nitrogen and oxygen atoms in total. The molecule has 0 saturated carbocycles. The van der Waals surface area contributed by atoms with Crippen molar-refractivity contribution in [3.8, 4) is 0 Å². The van der Waals surface area contributed by atoms with Gasteiger partial charge in [-0.05, 0) is 55.3 Å². The molecule has 1 heterocycles. The van der Waals surface area contributed by atoms with Crippen molar-refractivity contribution in [2.75, 3.05) is 43.4 Å². The van der Waals surface area contributed by atoms with E-state index in [1.165, 1.54) is 0 Å². The summed E-state index contributed by atoms with van der Waals surface area (Å²) >= 11 is 0. The highest BCUT2D eigenvalue weighted by molar-refractivity contribution is 7.85. The third kappa shape index (κ3) is 7.88. The van der Waals surface area contributed by atoms with E-state index in [0.717, 1.165) is 42.9 Å². The number of likely N-dealkylation sites (N-methyl/N-ethyl adjacent to an activating group) is 1. The number of rotatable bonds is 11. The number of anilines is 1. The average molecular weight is 407 g/mol. The Kier molecular flexibility index (Phi) is 8.76. The Hall–Kier alpha value is -2.09. The summed E-state index contributed by atoms with van der Waals surface area (Å²) in [6.45, 7) is 5.27. The lowest BCUT2D eigenvalue weighted by Gasteiger charge is -2.22. The molecule has 0 amide bonds. The van der Waals surface area contributed by atoms with Gasteiger partial charge in [-0.3, -0.25) is 4.55 Å². The number of hydrogen-bond acceptors (Lipinski definition) is 5. The number of nitrogens with zero attached hydrogens (tertiary/aromatic N) is 2. The molecule has 28 heavy (non-hydrogen) atoms. The molecule has 0 fully saturated rings. The first-order chi connectivity index (χ1) is 13.4. The molecule has 2 N–H and O–H groups in total. The van der Waals surface area contributed by atoms with Crippen molar-refractivity contribution in [1.82, 2.24) is 4.90 Å². The molecule has 0 unspecified atom stereocenters. The highest BCUT2D eigenvalue weighted by Crippen LogP contribution is 2.17. The van der Waals surface area contributed by atoms with Crippen molar-refractivity contribution in [2.24, 2.45) is 0 Å². The zero-order valence-corrected chi connectivity index (χ0v) is 17.2. The summed E-state index contributed by atoms with van der Waals surface area (Å²) in [5.41, 5.74) is 3.36. The molecule has 1 aliphatic heterocycles. The molecular formula is C21H30N2O4S. The summed E-state index contributed by atoms with van der Waals surface area (Å²) in [4.78, 5) is 4.25. The molecule has 0 spiro atoms. The molecular weight excluding hydrogens is 376 g/mol. The van der Waals surface area contributed by atoms with E-state index in [4.69, 9.17) is 9.66 Å². The number of allylic oxidation sites excluding steroid dienone is 3. The van der Waals surface area contributed by atoms with Gasteiger partial charge in [0.1, 0.15) is 0 Å². The fourth-order valence-corrected chi connectivity index (χ4v) is 3.58. The Morgan fingerprint density at radius 2 is 1.93 bits per heavy atom. The SMILES string of the molecule is CCN(CCO)c1ccc(C=CC2=CCN(CCCCS(=O)(=O)O)C=C2)cc1. The average Bonchev–Trinajstić information content (AvgIpc) is 2.68. The Morgan fingerprint density at radius 1 is 1.18 bits per heavy atom. The van der Waals surface area contributed by atoms with Gasteiger partial charge in [0.05, 0.1) is 12.4 Å². The molecule has 1 aliphatic rings. The summed E-state index contributed by atoms with van der Waals surface area (Å²) in [5.74, 6) is -0.177. The van der Waals surface area contributed by atoms with Gasteiger partial charge in [-0.15, -0.1) is 0 Å². The normalized spacial score (nSPS) is 14.5. The topological polar surface area (TPSA) is 81.1 Å². The largest absolute Gasteiger partial charge is 0.395 e. The molecule has 1 aromatic rings. The first-order valence-electron chi connectivity index (χ1n) is 9.63. The van der Waals surface area contributed by atoms with Crippen LogP contribution in [0.3, 0.4) is 0 Å². The molecule has 0 atom stereocenters. The highest BCUT2D eigenvalue weighted by Gasteiger charge is 2.07. The third-order valence-electron chi connectivity index (χ3n) is 4.62. The van der Waals surface area contributed by atoms with Gasteiger partial charge in [0, 0.05) is 31.9 Å². The van der Waals surface area contributed by atoms with Gasteiger partial charge in [0.2, 0.25) is 0 Å². The maximum atomic E-state index is 10.7.